The number of aliphatic hydroxyl groups is 1. The summed E-state index contributed by atoms with van der Waals surface area (Å²) in [6.45, 7) is 5.02. The van der Waals surface area contributed by atoms with Gasteiger partial charge in [0.05, 0.1) is 13.7 Å². The van der Waals surface area contributed by atoms with Crippen LogP contribution in [0.25, 0.3) is 0 Å². The molecule has 3 rings (SSSR count). The third-order valence-electron chi connectivity index (χ3n) is 5.18. The molecular formula is C22H33N5O3. The van der Waals surface area contributed by atoms with E-state index < -0.39 is 0 Å². The second-order valence-corrected chi connectivity index (χ2v) is 7.48. The average Bonchev–Trinajstić information content (AvgIpc) is 3.29. The number of ether oxygens (including phenoxy) is 2. The molecule has 8 heteroatoms. The molecule has 1 aromatic carbocycles. The molecule has 2 heterocycles. The maximum absolute atomic E-state index is 9.02. The zero-order valence-electron chi connectivity index (χ0n) is 18.0. The van der Waals surface area contributed by atoms with Gasteiger partial charge in [0.15, 0.2) is 11.5 Å². The Morgan fingerprint density at radius 1 is 1.17 bits per heavy atom. The SMILES string of the molecule is COc1ccc(Nc2nccc(N(C)CCCO)n2)cc1OCCCN1CCCC1. The van der Waals surface area contributed by atoms with Gasteiger partial charge in [0.2, 0.25) is 5.95 Å². The molecule has 1 saturated heterocycles. The molecule has 1 aliphatic rings. The molecule has 2 N–H and O–H groups in total. The molecule has 0 radical (unpaired) electrons. The number of rotatable bonds is 12. The van der Waals surface area contributed by atoms with E-state index in [0.29, 0.717) is 30.5 Å². The van der Waals surface area contributed by atoms with E-state index in [0.717, 1.165) is 31.0 Å². The molecule has 0 unspecified atom stereocenters. The lowest BCUT2D eigenvalue weighted by Gasteiger charge is -2.18. The molecule has 0 saturated carbocycles. The summed E-state index contributed by atoms with van der Waals surface area (Å²) in [4.78, 5) is 13.3. The fourth-order valence-corrected chi connectivity index (χ4v) is 3.52. The van der Waals surface area contributed by atoms with Crippen molar-refractivity contribution in [3.05, 3.63) is 30.5 Å². The van der Waals surface area contributed by atoms with Crippen LogP contribution in [0.4, 0.5) is 17.5 Å². The number of methoxy groups -OCH3 is 1. The van der Waals surface area contributed by atoms with Gasteiger partial charge in [-0.25, -0.2) is 4.98 Å². The Bertz CT molecular complexity index is 783. The van der Waals surface area contributed by atoms with Crippen molar-refractivity contribution in [1.82, 2.24) is 14.9 Å². The summed E-state index contributed by atoms with van der Waals surface area (Å²) in [5.41, 5.74) is 0.834. The number of hydrogen-bond donors (Lipinski definition) is 2. The minimum absolute atomic E-state index is 0.160. The lowest BCUT2D eigenvalue weighted by atomic mass is 10.2. The first-order chi connectivity index (χ1) is 14.7. The number of nitrogens with one attached hydrogen (secondary N) is 1. The van der Waals surface area contributed by atoms with E-state index in [1.165, 1.54) is 25.9 Å². The maximum atomic E-state index is 9.02. The van der Waals surface area contributed by atoms with E-state index in [4.69, 9.17) is 14.6 Å². The van der Waals surface area contributed by atoms with Crippen molar-refractivity contribution in [2.45, 2.75) is 25.7 Å². The zero-order chi connectivity index (χ0) is 21.2. The van der Waals surface area contributed by atoms with E-state index in [9.17, 15) is 0 Å². The second-order valence-electron chi connectivity index (χ2n) is 7.48. The number of anilines is 3. The van der Waals surface area contributed by atoms with Crippen LogP contribution >= 0.6 is 0 Å². The van der Waals surface area contributed by atoms with E-state index in [-0.39, 0.29) is 6.61 Å². The van der Waals surface area contributed by atoms with Crippen molar-refractivity contribution in [3.63, 3.8) is 0 Å². The molecule has 8 nitrogen and oxygen atoms in total. The molecular weight excluding hydrogens is 382 g/mol. The summed E-state index contributed by atoms with van der Waals surface area (Å²) in [5.74, 6) is 2.72. The van der Waals surface area contributed by atoms with Crippen molar-refractivity contribution in [3.8, 4) is 11.5 Å². The third-order valence-corrected chi connectivity index (χ3v) is 5.18. The summed E-state index contributed by atoms with van der Waals surface area (Å²) in [5, 5.41) is 12.3. The van der Waals surface area contributed by atoms with Crippen LogP contribution in [0, 0.1) is 0 Å². The Balaban J connectivity index is 1.59. The summed E-state index contributed by atoms with van der Waals surface area (Å²) in [6, 6.07) is 7.57. The Morgan fingerprint density at radius 2 is 2.00 bits per heavy atom. The Labute approximate surface area is 178 Å². The molecule has 2 aromatic rings. The van der Waals surface area contributed by atoms with Crippen molar-refractivity contribution in [2.24, 2.45) is 0 Å². The molecule has 1 fully saturated rings. The van der Waals surface area contributed by atoms with Gasteiger partial charge in [-0.15, -0.1) is 0 Å². The predicted octanol–water partition coefficient (Wildman–Crippen LogP) is 2.91. The molecule has 164 valence electrons. The average molecular weight is 416 g/mol. The first-order valence-electron chi connectivity index (χ1n) is 10.6. The fourth-order valence-electron chi connectivity index (χ4n) is 3.52. The highest BCUT2D eigenvalue weighted by molar-refractivity contribution is 5.60. The first kappa shape index (κ1) is 22.1. The second kappa shape index (κ2) is 11.6. The van der Waals surface area contributed by atoms with Crippen molar-refractivity contribution >= 4 is 17.5 Å². The number of aliphatic hydroxyl groups excluding tert-OH is 1. The summed E-state index contributed by atoms with van der Waals surface area (Å²) in [7, 11) is 3.59. The van der Waals surface area contributed by atoms with Crippen LogP contribution in [-0.4, -0.2) is 73.5 Å². The lowest BCUT2D eigenvalue weighted by Crippen LogP contribution is -2.22. The molecule has 0 aliphatic carbocycles. The summed E-state index contributed by atoms with van der Waals surface area (Å²) < 4.78 is 11.5. The highest BCUT2D eigenvalue weighted by atomic mass is 16.5. The minimum atomic E-state index is 0.160. The largest absolute Gasteiger partial charge is 0.493 e. The van der Waals surface area contributed by atoms with Gasteiger partial charge in [-0.05, 0) is 57.0 Å². The van der Waals surface area contributed by atoms with Crippen molar-refractivity contribution in [1.29, 1.82) is 0 Å². The van der Waals surface area contributed by atoms with Gasteiger partial charge in [0.1, 0.15) is 5.82 Å². The molecule has 0 amide bonds. The smallest absolute Gasteiger partial charge is 0.229 e. The molecule has 0 atom stereocenters. The molecule has 1 aromatic heterocycles. The monoisotopic (exact) mass is 415 g/mol. The van der Waals surface area contributed by atoms with Gasteiger partial charge in [-0.2, -0.15) is 4.98 Å². The van der Waals surface area contributed by atoms with Crippen LogP contribution in [0.15, 0.2) is 30.5 Å². The van der Waals surface area contributed by atoms with Gasteiger partial charge in [-0.3, -0.25) is 0 Å². The predicted molar refractivity (Wildman–Crippen MR) is 119 cm³/mol. The molecule has 0 spiro atoms. The van der Waals surface area contributed by atoms with Crippen LogP contribution < -0.4 is 19.7 Å². The van der Waals surface area contributed by atoms with Crippen molar-refractivity contribution < 1.29 is 14.6 Å². The third kappa shape index (κ3) is 6.47. The fraction of sp³-hybridized carbons (Fsp3) is 0.545. The van der Waals surface area contributed by atoms with Crippen LogP contribution in [0.2, 0.25) is 0 Å². The topological polar surface area (TPSA) is 83.0 Å². The number of likely N-dealkylation sites (tertiary alicyclic amines) is 1. The normalized spacial score (nSPS) is 14.0. The highest BCUT2D eigenvalue weighted by Crippen LogP contribution is 2.31. The lowest BCUT2D eigenvalue weighted by molar-refractivity contribution is 0.254. The highest BCUT2D eigenvalue weighted by Gasteiger charge is 2.12. The Hall–Kier alpha value is -2.58. The van der Waals surface area contributed by atoms with E-state index in [1.807, 2.05) is 36.2 Å². The Morgan fingerprint density at radius 3 is 2.77 bits per heavy atom. The zero-order valence-corrected chi connectivity index (χ0v) is 18.0. The number of hydrogen-bond acceptors (Lipinski definition) is 8. The van der Waals surface area contributed by atoms with E-state index >= 15 is 0 Å². The maximum Gasteiger partial charge on any atom is 0.229 e. The quantitative estimate of drug-likeness (QED) is 0.512. The van der Waals surface area contributed by atoms with Gasteiger partial charge in [-0.1, -0.05) is 0 Å². The van der Waals surface area contributed by atoms with E-state index in [2.05, 4.69) is 20.2 Å². The standard InChI is InChI=1S/C22H33N5O3/c1-26(11-5-15-28)21-9-10-23-22(25-21)24-18-7-8-19(29-2)20(17-18)30-16-6-14-27-12-3-4-13-27/h7-10,17,28H,3-6,11-16H2,1-2H3,(H,23,24,25). The minimum Gasteiger partial charge on any atom is -0.493 e. The number of nitrogens with zero attached hydrogens (tertiary/aromatic N) is 4. The first-order valence-corrected chi connectivity index (χ1v) is 10.6. The van der Waals surface area contributed by atoms with Crippen molar-refractivity contribution in [2.75, 3.05) is 63.8 Å². The summed E-state index contributed by atoms with van der Waals surface area (Å²) in [6.07, 6.45) is 6.03. The van der Waals surface area contributed by atoms with Gasteiger partial charge in [0.25, 0.3) is 0 Å². The van der Waals surface area contributed by atoms with Crippen LogP contribution in [-0.2, 0) is 0 Å². The molecule has 30 heavy (non-hydrogen) atoms. The molecule has 0 bridgehead atoms. The number of benzene rings is 1. The molecule has 1 aliphatic heterocycles. The van der Waals surface area contributed by atoms with Crippen LogP contribution in [0.1, 0.15) is 25.7 Å². The van der Waals surface area contributed by atoms with Crippen LogP contribution in [0.3, 0.4) is 0 Å². The van der Waals surface area contributed by atoms with Gasteiger partial charge in [0, 0.05) is 44.7 Å². The van der Waals surface area contributed by atoms with Gasteiger partial charge < -0.3 is 29.7 Å². The van der Waals surface area contributed by atoms with Crippen LogP contribution in [0.5, 0.6) is 11.5 Å². The van der Waals surface area contributed by atoms with Gasteiger partial charge >= 0.3 is 0 Å². The Kier molecular flexibility index (Phi) is 8.53. The van der Waals surface area contributed by atoms with E-state index in [1.54, 1.807) is 13.3 Å². The number of aromatic nitrogens is 2. The summed E-state index contributed by atoms with van der Waals surface area (Å²) >= 11 is 0.